The van der Waals surface area contributed by atoms with Crippen LogP contribution < -0.4 is 0 Å². The molecule has 0 aromatic heterocycles. The van der Waals surface area contributed by atoms with E-state index in [1.54, 1.807) is 13.8 Å². The van der Waals surface area contributed by atoms with E-state index >= 15 is 0 Å². The molecule has 0 fully saturated rings. The van der Waals surface area contributed by atoms with E-state index in [0.29, 0.717) is 22.3 Å². The van der Waals surface area contributed by atoms with Crippen LogP contribution >= 0.6 is 0 Å². The topological polar surface area (TPSA) is 64.2 Å². The van der Waals surface area contributed by atoms with Gasteiger partial charge in [0, 0.05) is 6.42 Å². The van der Waals surface area contributed by atoms with Gasteiger partial charge in [0.1, 0.15) is 5.82 Å². The molecule has 0 aliphatic heterocycles. The Bertz CT molecular complexity index is 953. The van der Waals surface area contributed by atoms with Crippen molar-refractivity contribution in [3.8, 4) is 6.07 Å². The van der Waals surface area contributed by atoms with Gasteiger partial charge >= 0.3 is 6.18 Å². The molecular formula is C23H25F4NO2. The Hall–Kier alpha value is -2.43. The molecule has 0 amide bonds. The average Bonchev–Trinajstić information content (AvgIpc) is 2.60. The molecule has 1 atom stereocenters. The van der Waals surface area contributed by atoms with Gasteiger partial charge in [-0.1, -0.05) is 32.0 Å². The smallest absolute Gasteiger partial charge is 0.392 e. The summed E-state index contributed by atoms with van der Waals surface area (Å²) in [7, 11) is 0. The Kier molecular flexibility index (Phi) is 6.65. The van der Waals surface area contributed by atoms with E-state index in [2.05, 4.69) is 0 Å². The van der Waals surface area contributed by atoms with Crippen molar-refractivity contribution in [2.45, 2.75) is 64.3 Å². The van der Waals surface area contributed by atoms with Crippen molar-refractivity contribution in [1.82, 2.24) is 0 Å². The minimum Gasteiger partial charge on any atom is -0.392 e. The fourth-order valence-corrected chi connectivity index (χ4v) is 4.08. The highest BCUT2D eigenvalue weighted by molar-refractivity contribution is 5.46. The zero-order valence-corrected chi connectivity index (χ0v) is 17.4. The first-order chi connectivity index (χ1) is 13.7. The van der Waals surface area contributed by atoms with Crippen LogP contribution in [0.15, 0.2) is 30.3 Å². The molecule has 0 bridgehead atoms. The fraction of sp³-hybridized carbons (Fsp3) is 0.435. The molecule has 0 saturated carbocycles. The molecule has 30 heavy (non-hydrogen) atoms. The maximum absolute atomic E-state index is 14.0. The van der Waals surface area contributed by atoms with Gasteiger partial charge in [0.2, 0.25) is 0 Å². The maximum Gasteiger partial charge on any atom is 0.417 e. The Morgan fingerprint density at radius 1 is 1.03 bits per heavy atom. The zero-order valence-electron chi connectivity index (χ0n) is 17.4. The molecule has 0 aliphatic carbocycles. The number of aryl methyl sites for hydroxylation is 2. The molecule has 1 unspecified atom stereocenters. The molecule has 7 heteroatoms. The van der Waals surface area contributed by atoms with Gasteiger partial charge in [-0.25, -0.2) is 4.39 Å². The summed E-state index contributed by atoms with van der Waals surface area (Å²) in [6.07, 6.45) is -6.40. The number of benzene rings is 2. The van der Waals surface area contributed by atoms with E-state index in [1.165, 1.54) is 32.0 Å². The number of aliphatic hydroxyl groups excluding tert-OH is 1. The number of alkyl halides is 3. The second-order valence-corrected chi connectivity index (χ2v) is 8.44. The third-order valence-electron chi connectivity index (χ3n) is 5.43. The standard InChI is InChI=1S/C23H25F4NO2/c1-14-7-16(8-15(2)19(14)11-28)10-22(30,23(25,26)27)13-21(3,4)20-9-18(24)6-5-17(20)12-29/h5-9,29-30H,10,12-13H2,1-4H3. The normalized spacial score (nSPS) is 14.3. The summed E-state index contributed by atoms with van der Waals surface area (Å²) in [5, 5.41) is 29.5. The second-order valence-electron chi connectivity index (χ2n) is 8.44. The van der Waals surface area contributed by atoms with Crippen molar-refractivity contribution in [2.75, 3.05) is 0 Å². The fourth-order valence-electron chi connectivity index (χ4n) is 4.08. The van der Waals surface area contributed by atoms with Crippen molar-refractivity contribution >= 4 is 0 Å². The quantitative estimate of drug-likeness (QED) is 0.642. The maximum atomic E-state index is 14.0. The molecule has 2 aromatic carbocycles. The van der Waals surface area contributed by atoms with Gasteiger partial charge in [0.25, 0.3) is 0 Å². The van der Waals surface area contributed by atoms with E-state index in [9.17, 15) is 33.0 Å². The number of aliphatic hydroxyl groups is 2. The summed E-state index contributed by atoms with van der Waals surface area (Å²) in [4.78, 5) is 0. The van der Waals surface area contributed by atoms with Crippen molar-refractivity contribution in [3.05, 3.63) is 69.5 Å². The lowest BCUT2D eigenvalue weighted by Crippen LogP contribution is -2.51. The van der Waals surface area contributed by atoms with Crippen molar-refractivity contribution < 1.29 is 27.8 Å². The molecule has 162 valence electrons. The van der Waals surface area contributed by atoms with Crippen LogP contribution in [0.2, 0.25) is 0 Å². The summed E-state index contributed by atoms with van der Waals surface area (Å²) < 4.78 is 55.9. The summed E-state index contributed by atoms with van der Waals surface area (Å²) in [6.45, 7) is 5.76. The average molecular weight is 423 g/mol. The van der Waals surface area contributed by atoms with Crippen molar-refractivity contribution in [1.29, 1.82) is 5.26 Å². The minimum atomic E-state index is -4.95. The van der Waals surface area contributed by atoms with Crippen molar-refractivity contribution in [2.24, 2.45) is 0 Å². The largest absolute Gasteiger partial charge is 0.417 e. The van der Waals surface area contributed by atoms with Crippen LogP contribution in [0.4, 0.5) is 17.6 Å². The van der Waals surface area contributed by atoms with Gasteiger partial charge in [-0.05, 0) is 65.6 Å². The van der Waals surface area contributed by atoms with Gasteiger partial charge in [-0.3, -0.25) is 0 Å². The summed E-state index contributed by atoms with van der Waals surface area (Å²) >= 11 is 0. The van der Waals surface area contributed by atoms with Gasteiger partial charge in [-0.15, -0.1) is 0 Å². The Labute approximate surface area is 173 Å². The summed E-state index contributed by atoms with van der Waals surface area (Å²) in [6, 6.07) is 8.51. The van der Waals surface area contributed by atoms with E-state index in [1.807, 2.05) is 6.07 Å². The number of hydrogen-bond donors (Lipinski definition) is 2. The number of nitrogens with zero attached hydrogens (tertiary/aromatic N) is 1. The van der Waals surface area contributed by atoms with Gasteiger partial charge in [-0.2, -0.15) is 18.4 Å². The molecule has 3 nitrogen and oxygen atoms in total. The first-order valence-electron chi connectivity index (χ1n) is 9.43. The Morgan fingerprint density at radius 2 is 1.60 bits per heavy atom. The molecule has 0 spiro atoms. The molecule has 0 heterocycles. The van der Waals surface area contributed by atoms with Crippen molar-refractivity contribution in [3.63, 3.8) is 0 Å². The van der Waals surface area contributed by atoms with Crippen LogP contribution in [0.3, 0.4) is 0 Å². The Balaban J connectivity index is 2.50. The minimum absolute atomic E-state index is 0.208. The highest BCUT2D eigenvalue weighted by Gasteiger charge is 2.56. The van der Waals surface area contributed by atoms with E-state index in [-0.39, 0.29) is 11.1 Å². The molecule has 0 aliphatic rings. The third-order valence-corrected chi connectivity index (χ3v) is 5.43. The number of rotatable bonds is 6. The van der Waals surface area contributed by atoms with E-state index < -0.39 is 42.5 Å². The first kappa shape index (κ1) is 23.8. The molecule has 2 rings (SSSR count). The highest BCUT2D eigenvalue weighted by Crippen LogP contribution is 2.44. The van der Waals surface area contributed by atoms with Crippen LogP contribution in [0, 0.1) is 31.0 Å². The highest BCUT2D eigenvalue weighted by atomic mass is 19.4. The van der Waals surface area contributed by atoms with Gasteiger partial charge < -0.3 is 10.2 Å². The van der Waals surface area contributed by atoms with Crippen LogP contribution in [0.5, 0.6) is 0 Å². The monoisotopic (exact) mass is 423 g/mol. The predicted octanol–water partition coefficient (Wildman–Crippen LogP) is 5.01. The van der Waals surface area contributed by atoms with Crippen LogP contribution in [0.1, 0.15) is 53.6 Å². The number of halogens is 4. The number of nitriles is 1. The summed E-state index contributed by atoms with van der Waals surface area (Å²) in [5.41, 5.74) is -2.17. The lowest BCUT2D eigenvalue weighted by atomic mass is 9.71. The van der Waals surface area contributed by atoms with Crippen LogP contribution in [-0.2, 0) is 18.4 Å². The number of hydrogen-bond acceptors (Lipinski definition) is 3. The lowest BCUT2D eigenvalue weighted by Gasteiger charge is -2.39. The summed E-state index contributed by atoms with van der Waals surface area (Å²) in [5.74, 6) is -0.635. The third kappa shape index (κ3) is 4.82. The molecule has 2 N–H and O–H groups in total. The van der Waals surface area contributed by atoms with Gasteiger partial charge in [0.15, 0.2) is 5.60 Å². The molecule has 0 saturated heterocycles. The predicted molar refractivity (Wildman–Crippen MR) is 105 cm³/mol. The first-order valence-corrected chi connectivity index (χ1v) is 9.43. The van der Waals surface area contributed by atoms with E-state index in [0.717, 1.165) is 12.1 Å². The molecule has 0 radical (unpaired) electrons. The van der Waals surface area contributed by atoms with Crippen LogP contribution in [-0.4, -0.2) is 22.0 Å². The SMILES string of the molecule is Cc1cc(CC(O)(CC(C)(C)c2cc(F)ccc2CO)C(F)(F)F)cc(C)c1C#N. The second kappa shape index (κ2) is 8.37. The molecule has 2 aromatic rings. The Morgan fingerprint density at radius 3 is 2.07 bits per heavy atom. The van der Waals surface area contributed by atoms with Gasteiger partial charge in [0.05, 0.1) is 18.2 Å². The van der Waals surface area contributed by atoms with E-state index in [4.69, 9.17) is 0 Å². The zero-order chi connectivity index (χ0) is 22.9. The lowest BCUT2D eigenvalue weighted by molar-refractivity contribution is -0.266. The van der Waals surface area contributed by atoms with Crippen LogP contribution in [0.25, 0.3) is 0 Å². The molecular weight excluding hydrogens is 398 g/mol.